The Labute approximate surface area is 139 Å². The van der Waals surface area contributed by atoms with E-state index in [1.54, 1.807) is 20.1 Å². The minimum absolute atomic E-state index is 0.107. The highest BCUT2D eigenvalue weighted by Crippen LogP contribution is 2.29. The van der Waals surface area contributed by atoms with Gasteiger partial charge in [0.05, 0.1) is 13.7 Å². The van der Waals surface area contributed by atoms with E-state index in [1.165, 1.54) is 11.3 Å². The van der Waals surface area contributed by atoms with Gasteiger partial charge in [0, 0.05) is 4.88 Å². The summed E-state index contributed by atoms with van der Waals surface area (Å²) in [6.07, 6.45) is 4.60. The fourth-order valence-corrected chi connectivity index (χ4v) is 2.79. The van der Waals surface area contributed by atoms with E-state index in [-0.39, 0.29) is 5.69 Å². The van der Waals surface area contributed by atoms with Gasteiger partial charge >= 0.3 is 5.97 Å². The second-order valence-corrected chi connectivity index (χ2v) is 6.09. The summed E-state index contributed by atoms with van der Waals surface area (Å²) in [6, 6.07) is 5.66. The van der Waals surface area contributed by atoms with Crippen LogP contribution in [0, 0.1) is 6.92 Å². The number of ether oxygens (including phenoxy) is 2. The molecule has 0 unspecified atom stereocenters. The Morgan fingerprint density at radius 1 is 1.35 bits per heavy atom. The van der Waals surface area contributed by atoms with Crippen molar-refractivity contribution in [1.82, 2.24) is 4.98 Å². The minimum Gasteiger partial charge on any atom is -0.493 e. The Balaban J connectivity index is 2.19. The molecular weight excluding hydrogens is 314 g/mol. The van der Waals surface area contributed by atoms with Gasteiger partial charge in [-0.05, 0) is 37.1 Å². The lowest BCUT2D eigenvalue weighted by Gasteiger charge is -2.10. The fraction of sp³-hybridized carbons (Fsp3) is 0.294. The third-order valence-electron chi connectivity index (χ3n) is 3.08. The molecule has 1 heterocycles. The first-order chi connectivity index (χ1) is 11.0. The van der Waals surface area contributed by atoms with Crippen LogP contribution in [-0.4, -0.2) is 29.8 Å². The van der Waals surface area contributed by atoms with Crippen molar-refractivity contribution >= 4 is 29.5 Å². The van der Waals surface area contributed by atoms with E-state index in [2.05, 4.69) is 4.98 Å². The summed E-state index contributed by atoms with van der Waals surface area (Å²) < 4.78 is 11.0. The Morgan fingerprint density at radius 2 is 2.13 bits per heavy atom. The number of carboxylic acids is 1. The summed E-state index contributed by atoms with van der Waals surface area (Å²) in [7, 11) is 1.60. The van der Waals surface area contributed by atoms with Crippen molar-refractivity contribution in [2.75, 3.05) is 13.7 Å². The fourth-order valence-electron chi connectivity index (χ4n) is 1.97. The van der Waals surface area contributed by atoms with Crippen LogP contribution < -0.4 is 9.47 Å². The second-order valence-electron chi connectivity index (χ2n) is 4.85. The maximum Gasteiger partial charge on any atom is 0.355 e. The Bertz CT molecular complexity index is 721. The topological polar surface area (TPSA) is 68.7 Å². The molecule has 122 valence electrons. The van der Waals surface area contributed by atoms with Crippen LogP contribution in [0.3, 0.4) is 0 Å². The Kier molecular flexibility index (Phi) is 5.76. The van der Waals surface area contributed by atoms with Crippen LogP contribution in [0.15, 0.2) is 18.2 Å². The summed E-state index contributed by atoms with van der Waals surface area (Å²) in [4.78, 5) is 15.8. The molecule has 0 spiro atoms. The molecule has 1 N–H and O–H groups in total. The average Bonchev–Trinajstić information content (AvgIpc) is 2.92. The lowest BCUT2D eigenvalue weighted by Crippen LogP contribution is -1.98. The average molecular weight is 333 g/mol. The van der Waals surface area contributed by atoms with Crippen molar-refractivity contribution < 1.29 is 19.4 Å². The second kappa shape index (κ2) is 7.78. The largest absolute Gasteiger partial charge is 0.493 e. The summed E-state index contributed by atoms with van der Waals surface area (Å²) in [5.74, 6) is 0.379. The van der Waals surface area contributed by atoms with Gasteiger partial charge < -0.3 is 14.6 Å². The number of thiazole rings is 1. The number of aromatic carboxylic acids is 1. The molecule has 0 fully saturated rings. The lowest BCUT2D eigenvalue weighted by molar-refractivity contribution is 0.0690. The van der Waals surface area contributed by atoms with E-state index in [9.17, 15) is 4.79 Å². The molecule has 0 bridgehead atoms. The highest BCUT2D eigenvalue weighted by Gasteiger charge is 2.12. The highest BCUT2D eigenvalue weighted by molar-refractivity contribution is 7.12. The lowest BCUT2D eigenvalue weighted by atomic mass is 10.2. The quantitative estimate of drug-likeness (QED) is 0.825. The molecule has 0 atom stereocenters. The predicted molar refractivity (Wildman–Crippen MR) is 91.5 cm³/mol. The number of aromatic nitrogens is 1. The Hall–Kier alpha value is -2.34. The SMILES string of the molecule is CCCOc1ccc(C=Cc2nc(C(=O)O)c(C)s2)cc1OC. The van der Waals surface area contributed by atoms with Gasteiger partial charge in [0.15, 0.2) is 17.2 Å². The van der Waals surface area contributed by atoms with E-state index in [0.717, 1.165) is 12.0 Å². The first kappa shape index (κ1) is 17.0. The molecule has 6 heteroatoms. The van der Waals surface area contributed by atoms with E-state index in [1.807, 2.05) is 31.2 Å². The number of hydrogen-bond acceptors (Lipinski definition) is 5. The van der Waals surface area contributed by atoms with E-state index < -0.39 is 5.97 Å². The molecule has 0 aliphatic rings. The first-order valence-corrected chi connectivity index (χ1v) is 8.06. The first-order valence-electron chi connectivity index (χ1n) is 7.24. The molecular formula is C17H19NO4S. The van der Waals surface area contributed by atoms with Crippen LogP contribution in [0.5, 0.6) is 11.5 Å². The molecule has 0 saturated carbocycles. The third kappa shape index (κ3) is 4.32. The van der Waals surface area contributed by atoms with Gasteiger partial charge in [0.25, 0.3) is 0 Å². The minimum atomic E-state index is -1.00. The van der Waals surface area contributed by atoms with Crippen molar-refractivity contribution in [2.24, 2.45) is 0 Å². The number of rotatable bonds is 7. The Morgan fingerprint density at radius 3 is 2.74 bits per heavy atom. The number of aryl methyl sites for hydroxylation is 1. The molecule has 23 heavy (non-hydrogen) atoms. The highest BCUT2D eigenvalue weighted by atomic mass is 32.1. The molecule has 5 nitrogen and oxygen atoms in total. The molecule has 0 amide bonds. The van der Waals surface area contributed by atoms with Gasteiger partial charge in [0.2, 0.25) is 0 Å². The molecule has 0 radical (unpaired) electrons. The number of benzene rings is 1. The van der Waals surface area contributed by atoms with Crippen molar-refractivity contribution in [3.05, 3.63) is 39.3 Å². The number of carbonyl (C=O) groups is 1. The standard InChI is InChI=1S/C17H19NO4S/c1-4-9-22-13-7-5-12(10-14(13)21-3)6-8-15-18-16(17(19)20)11(2)23-15/h5-8,10H,4,9H2,1-3H3,(H,19,20). The van der Waals surface area contributed by atoms with E-state index in [0.29, 0.717) is 28.0 Å². The zero-order valence-corrected chi connectivity index (χ0v) is 14.1. The van der Waals surface area contributed by atoms with Crippen LogP contribution in [0.1, 0.15) is 39.3 Å². The number of methoxy groups -OCH3 is 1. The molecule has 0 aliphatic heterocycles. The van der Waals surface area contributed by atoms with Crippen molar-refractivity contribution in [1.29, 1.82) is 0 Å². The molecule has 1 aromatic carbocycles. The van der Waals surface area contributed by atoms with Gasteiger partial charge in [-0.25, -0.2) is 9.78 Å². The predicted octanol–water partition coefficient (Wildman–Crippen LogP) is 4.12. The van der Waals surface area contributed by atoms with Gasteiger partial charge in [-0.2, -0.15) is 0 Å². The van der Waals surface area contributed by atoms with Crippen molar-refractivity contribution in [3.8, 4) is 11.5 Å². The maximum absolute atomic E-state index is 11.0. The van der Waals surface area contributed by atoms with Crippen molar-refractivity contribution in [2.45, 2.75) is 20.3 Å². The van der Waals surface area contributed by atoms with Crippen LogP contribution in [-0.2, 0) is 0 Å². The zero-order valence-electron chi connectivity index (χ0n) is 13.3. The van der Waals surface area contributed by atoms with Crippen molar-refractivity contribution in [3.63, 3.8) is 0 Å². The monoisotopic (exact) mass is 333 g/mol. The molecule has 2 rings (SSSR count). The number of nitrogens with zero attached hydrogens (tertiary/aromatic N) is 1. The number of hydrogen-bond donors (Lipinski definition) is 1. The summed E-state index contributed by atoms with van der Waals surface area (Å²) in [5, 5.41) is 9.68. The zero-order chi connectivity index (χ0) is 16.8. The number of carboxylic acid groups (broad SMARTS) is 1. The molecule has 0 aliphatic carbocycles. The molecule has 2 aromatic rings. The van der Waals surface area contributed by atoms with Gasteiger partial charge in [-0.15, -0.1) is 11.3 Å². The molecule has 1 aromatic heterocycles. The third-order valence-corrected chi connectivity index (χ3v) is 4.02. The summed E-state index contributed by atoms with van der Waals surface area (Å²) >= 11 is 1.35. The summed E-state index contributed by atoms with van der Waals surface area (Å²) in [6.45, 7) is 4.44. The van der Waals surface area contributed by atoms with E-state index >= 15 is 0 Å². The normalized spacial score (nSPS) is 10.9. The van der Waals surface area contributed by atoms with Crippen LogP contribution in [0.4, 0.5) is 0 Å². The van der Waals surface area contributed by atoms with E-state index in [4.69, 9.17) is 14.6 Å². The van der Waals surface area contributed by atoms with Crippen LogP contribution in [0.2, 0.25) is 0 Å². The van der Waals surface area contributed by atoms with Gasteiger partial charge in [0.1, 0.15) is 5.01 Å². The van der Waals surface area contributed by atoms with Crippen LogP contribution >= 0.6 is 11.3 Å². The maximum atomic E-state index is 11.0. The summed E-state index contributed by atoms with van der Waals surface area (Å²) in [5.41, 5.74) is 1.03. The van der Waals surface area contributed by atoms with Gasteiger partial charge in [-0.1, -0.05) is 19.1 Å². The van der Waals surface area contributed by atoms with Crippen LogP contribution in [0.25, 0.3) is 12.2 Å². The molecule has 0 saturated heterocycles. The smallest absolute Gasteiger partial charge is 0.355 e. The van der Waals surface area contributed by atoms with Gasteiger partial charge in [-0.3, -0.25) is 0 Å².